The number of nitrogens with zero attached hydrogens (tertiary/aromatic N) is 1. The fourth-order valence-electron chi connectivity index (χ4n) is 1.65. The van der Waals surface area contributed by atoms with Gasteiger partial charge in [-0.05, 0) is 37.3 Å². The Hall–Kier alpha value is -2.64. The average molecular weight is 329 g/mol. The van der Waals surface area contributed by atoms with Crippen molar-refractivity contribution in [1.82, 2.24) is 4.98 Å². The van der Waals surface area contributed by atoms with Gasteiger partial charge in [-0.3, -0.25) is 0 Å². The summed E-state index contributed by atoms with van der Waals surface area (Å²) < 4.78 is 60.9. The molecule has 0 bridgehead atoms. The molecule has 0 spiro atoms. The smallest absolute Gasteiger partial charge is 0.416 e. The first-order valence-corrected chi connectivity index (χ1v) is 6.49. The predicted octanol–water partition coefficient (Wildman–Crippen LogP) is 4.21. The van der Waals surface area contributed by atoms with Crippen LogP contribution in [-0.2, 0) is 10.9 Å². The zero-order valence-corrected chi connectivity index (χ0v) is 11.9. The molecule has 0 saturated heterocycles. The molecule has 2 rings (SSSR count). The van der Waals surface area contributed by atoms with E-state index >= 15 is 0 Å². The number of benzene rings is 1. The van der Waals surface area contributed by atoms with E-state index in [1.165, 1.54) is 0 Å². The van der Waals surface area contributed by atoms with Crippen molar-refractivity contribution in [2.45, 2.75) is 13.1 Å². The molecule has 0 atom stereocenters. The van der Waals surface area contributed by atoms with Crippen molar-refractivity contribution in [1.29, 1.82) is 0 Å². The summed E-state index contributed by atoms with van der Waals surface area (Å²) >= 11 is 0. The van der Waals surface area contributed by atoms with E-state index in [9.17, 15) is 22.4 Å². The van der Waals surface area contributed by atoms with Gasteiger partial charge in [0.1, 0.15) is 5.75 Å². The number of hydrogen-bond donors (Lipinski definition) is 0. The summed E-state index contributed by atoms with van der Waals surface area (Å²) in [5.41, 5.74) is -0.944. The number of esters is 1. The third-order valence-corrected chi connectivity index (χ3v) is 2.71. The van der Waals surface area contributed by atoms with E-state index < -0.39 is 29.4 Å². The standard InChI is InChI=1S/C15H11F4NO3/c1-2-22-14(21)9-7-12(16)13(20-8-9)23-11-5-3-10(4-6-11)15(17,18)19/h3-8H,2H2,1H3. The SMILES string of the molecule is CCOC(=O)c1cnc(Oc2ccc(C(F)(F)F)cc2)c(F)c1. The van der Waals surface area contributed by atoms with E-state index in [2.05, 4.69) is 4.98 Å². The molecular formula is C15H11F4NO3. The molecule has 2 aromatic rings. The van der Waals surface area contributed by atoms with E-state index in [1.807, 2.05) is 0 Å². The lowest BCUT2D eigenvalue weighted by atomic mass is 10.2. The van der Waals surface area contributed by atoms with Crippen LogP contribution >= 0.6 is 0 Å². The molecule has 0 aliphatic heterocycles. The Balaban J connectivity index is 2.16. The van der Waals surface area contributed by atoms with E-state index in [0.717, 1.165) is 36.5 Å². The van der Waals surface area contributed by atoms with Gasteiger partial charge in [0, 0.05) is 6.20 Å². The van der Waals surface area contributed by atoms with Gasteiger partial charge in [0.05, 0.1) is 17.7 Å². The van der Waals surface area contributed by atoms with Gasteiger partial charge < -0.3 is 9.47 Å². The topological polar surface area (TPSA) is 48.4 Å². The van der Waals surface area contributed by atoms with Gasteiger partial charge in [0.25, 0.3) is 5.88 Å². The largest absolute Gasteiger partial charge is 0.462 e. The second-order valence-corrected chi connectivity index (χ2v) is 4.36. The van der Waals surface area contributed by atoms with Gasteiger partial charge in [0.2, 0.25) is 0 Å². The van der Waals surface area contributed by atoms with Gasteiger partial charge in [0.15, 0.2) is 5.82 Å². The fourth-order valence-corrected chi connectivity index (χ4v) is 1.65. The van der Waals surface area contributed by atoms with Gasteiger partial charge in [-0.1, -0.05) is 0 Å². The molecule has 23 heavy (non-hydrogen) atoms. The van der Waals surface area contributed by atoms with Crippen LogP contribution in [0.1, 0.15) is 22.8 Å². The minimum atomic E-state index is -4.47. The summed E-state index contributed by atoms with van der Waals surface area (Å²) in [6.07, 6.45) is -3.41. The highest BCUT2D eigenvalue weighted by Gasteiger charge is 2.30. The third kappa shape index (κ3) is 4.18. The number of carbonyl (C=O) groups excluding carboxylic acids is 1. The lowest BCUT2D eigenvalue weighted by molar-refractivity contribution is -0.137. The Morgan fingerprint density at radius 3 is 2.39 bits per heavy atom. The summed E-state index contributed by atoms with van der Waals surface area (Å²) in [6.45, 7) is 1.73. The van der Waals surface area contributed by atoms with Crippen LogP contribution in [0.4, 0.5) is 17.6 Å². The number of hydrogen-bond acceptors (Lipinski definition) is 4. The van der Waals surface area contributed by atoms with Crippen molar-refractivity contribution in [3.63, 3.8) is 0 Å². The molecule has 8 heteroatoms. The van der Waals surface area contributed by atoms with Crippen molar-refractivity contribution < 1.29 is 31.8 Å². The number of pyridine rings is 1. The number of carbonyl (C=O) groups is 1. The molecule has 0 aliphatic carbocycles. The van der Waals surface area contributed by atoms with Crippen LogP contribution in [0.2, 0.25) is 0 Å². The minimum absolute atomic E-state index is 0.0201. The van der Waals surface area contributed by atoms with Crippen molar-refractivity contribution in [2.75, 3.05) is 6.61 Å². The Bertz CT molecular complexity index is 699. The lowest BCUT2D eigenvalue weighted by Crippen LogP contribution is -2.06. The second kappa shape index (κ2) is 6.64. The summed E-state index contributed by atoms with van der Waals surface area (Å²) in [5, 5.41) is 0. The quantitative estimate of drug-likeness (QED) is 0.623. The first-order valence-electron chi connectivity index (χ1n) is 6.49. The van der Waals surface area contributed by atoms with Crippen molar-refractivity contribution in [3.8, 4) is 11.6 Å². The summed E-state index contributed by atoms with van der Waals surface area (Å²) in [5.74, 6) is -2.15. The molecule has 0 unspecified atom stereocenters. The number of alkyl halides is 3. The normalized spacial score (nSPS) is 11.2. The van der Waals surface area contributed by atoms with Gasteiger partial charge in [-0.15, -0.1) is 0 Å². The highest BCUT2D eigenvalue weighted by molar-refractivity contribution is 5.89. The molecule has 1 aromatic heterocycles. The maximum Gasteiger partial charge on any atom is 0.416 e. The summed E-state index contributed by atoms with van der Waals surface area (Å²) in [6, 6.07) is 4.58. The molecule has 1 heterocycles. The van der Waals surface area contributed by atoms with Crippen molar-refractivity contribution in [3.05, 3.63) is 53.5 Å². The van der Waals surface area contributed by atoms with Crippen LogP contribution < -0.4 is 4.74 Å². The van der Waals surface area contributed by atoms with E-state index in [1.54, 1.807) is 6.92 Å². The van der Waals surface area contributed by atoms with Crippen molar-refractivity contribution >= 4 is 5.97 Å². The predicted molar refractivity (Wildman–Crippen MR) is 71.7 cm³/mol. The molecule has 4 nitrogen and oxygen atoms in total. The van der Waals surface area contributed by atoms with E-state index in [4.69, 9.17) is 9.47 Å². The molecule has 0 aliphatic rings. The van der Waals surface area contributed by atoms with Gasteiger partial charge in [-0.2, -0.15) is 13.2 Å². The molecule has 0 radical (unpaired) electrons. The molecular weight excluding hydrogens is 318 g/mol. The summed E-state index contributed by atoms with van der Waals surface area (Å²) in [4.78, 5) is 15.0. The Labute approximate surface area is 128 Å². The number of ether oxygens (including phenoxy) is 2. The number of halogens is 4. The maximum atomic E-state index is 13.8. The van der Waals surface area contributed by atoms with Crippen LogP contribution in [0.5, 0.6) is 11.6 Å². The molecule has 0 N–H and O–H groups in total. The zero-order chi connectivity index (χ0) is 17.0. The van der Waals surface area contributed by atoms with Gasteiger partial charge >= 0.3 is 12.1 Å². The Morgan fingerprint density at radius 2 is 1.87 bits per heavy atom. The fraction of sp³-hybridized carbons (Fsp3) is 0.200. The monoisotopic (exact) mass is 329 g/mol. The molecule has 122 valence electrons. The van der Waals surface area contributed by atoms with Crippen LogP contribution in [0, 0.1) is 5.82 Å². The van der Waals surface area contributed by atoms with E-state index in [-0.39, 0.29) is 17.9 Å². The second-order valence-electron chi connectivity index (χ2n) is 4.36. The number of rotatable bonds is 4. The lowest BCUT2D eigenvalue weighted by Gasteiger charge is -2.09. The van der Waals surface area contributed by atoms with Crippen molar-refractivity contribution in [2.24, 2.45) is 0 Å². The molecule has 1 aromatic carbocycles. The highest BCUT2D eigenvalue weighted by Crippen LogP contribution is 2.31. The third-order valence-electron chi connectivity index (χ3n) is 2.71. The molecule has 0 fully saturated rings. The molecule has 0 amide bonds. The number of aromatic nitrogens is 1. The van der Waals surface area contributed by atoms with Crippen LogP contribution in [0.15, 0.2) is 36.5 Å². The van der Waals surface area contributed by atoms with Crippen LogP contribution in [-0.4, -0.2) is 17.6 Å². The Kier molecular flexibility index (Phi) is 4.83. The summed E-state index contributed by atoms with van der Waals surface area (Å²) in [7, 11) is 0. The highest BCUT2D eigenvalue weighted by atomic mass is 19.4. The maximum absolute atomic E-state index is 13.8. The first kappa shape index (κ1) is 16.7. The van der Waals surface area contributed by atoms with E-state index in [0.29, 0.717) is 0 Å². The zero-order valence-electron chi connectivity index (χ0n) is 11.9. The van der Waals surface area contributed by atoms with Gasteiger partial charge in [-0.25, -0.2) is 14.2 Å². The van der Waals surface area contributed by atoms with Crippen LogP contribution in [0.3, 0.4) is 0 Å². The first-order chi connectivity index (χ1) is 10.8. The minimum Gasteiger partial charge on any atom is -0.462 e. The van der Waals surface area contributed by atoms with Crippen LogP contribution in [0.25, 0.3) is 0 Å². The average Bonchev–Trinajstić information content (AvgIpc) is 2.49. The Morgan fingerprint density at radius 1 is 1.22 bits per heavy atom. The molecule has 0 saturated carbocycles.